The molecule has 3 N–H and O–H groups in total. The van der Waals surface area contributed by atoms with Crippen molar-refractivity contribution in [3.05, 3.63) is 11.8 Å². The van der Waals surface area contributed by atoms with Gasteiger partial charge >= 0.3 is 6.18 Å². The van der Waals surface area contributed by atoms with E-state index in [1.807, 2.05) is 0 Å². The van der Waals surface area contributed by atoms with E-state index in [4.69, 9.17) is 5.73 Å². The highest BCUT2D eigenvalue weighted by Crippen LogP contribution is 2.40. The molecule has 1 atom stereocenters. The molecule has 92 valence electrons. The van der Waals surface area contributed by atoms with Crippen molar-refractivity contribution in [2.75, 3.05) is 5.73 Å². The number of hydrogen-bond donors (Lipinski definition) is 2. The minimum atomic E-state index is -4.79. The third-order valence-electron chi connectivity index (χ3n) is 2.40. The Balaban J connectivity index is 3.25. The molecule has 1 rings (SSSR count). The summed E-state index contributed by atoms with van der Waals surface area (Å²) >= 11 is 0. The van der Waals surface area contributed by atoms with Crippen molar-refractivity contribution < 1.29 is 18.3 Å². The van der Waals surface area contributed by atoms with Gasteiger partial charge in [0.15, 0.2) is 5.60 Å². The molecule has 0 aliphatic carbocycles. The summed E-state index contributed by atoms with van der Waals surface area (Å²) in [5, 5.41) is 13.2. The number of rotatable bonds is 2. The first-order valence-electron chi connectivity index (χ1n) is 4.71. The van der Waals surface area contributed by atoms with Gasteiger partial charge in [-0.1, -0.05) is 0 Å². The second kappa shape index (κ2) is 3.65. The second-order valence-electron chi connectivity index (χ2n) is 4.05. The van der Waals surface area contributed by atoms with Gasteiger partial charge in [0.25, 0.3) is 0 Å². The smallest absolute Gasteiger partial charge is 0.384 e. The molecule has 0 saturated heterocycles. The Morgan fingerprint density at radius 3 is 2.25 bits per heavy atom. The summed E-state index contributed by atoms with van der Waals surface area (Å²) in [6.07, 6.45) is -3.84. The van der Waals surface area contributed by atoms with Crippen molar-refractivity contribution in [3.63, 3.8) is 0 Å². The number of nitrogens with zero attached hydrogens (tertiary/aromatic N) is 2. The van der Waals surface area contributed by atoms with Crippen molar-refractivity contribution >= 4 is 5.82 Å². The molecule has 4 nitrogen and oxygen atoms in total. The molecular formula is C9H14F3N3O. The van der Waals surface area contributed by atoms with Gasteiger partial charge in [-0.15, -0.1) is 0 Å². The monoisotopic (exact) mass is 237 g/mol. The number of aromatic nitrogens is 2. The summed E-state index contributed by atoms with van der Waals surface area (Å²) < 4.78 is 38.9. The Bertz CT molecular complexity index is 382. The molecule has 1 heterocycles. The van der Waals surface area contributed by atoms with E-state index in [0.717, 1.165) is 6.20 Å². The van der Waals surface area contributed by atoms with Crippen LogP contribution in [0.15, 0.2) is 6.20 Å². The van der Waals surface area contributed by atoms with Gasteiger partial charge in [0, 0.05) is 6.04 Å². The maximum Gasteiger partial charge on any atom is 0.421 e. The average Bonchev–Trinajstić information content (AvgIpc) is 2.44. The van der Waals surface area contributed by atoms with Crippen molar-refractivity contribution in [1.29, 1.82) is 0 Å². The number of halogens is 3. The molecule has 0 aromatic carbocycles. The molecule has 7 heteroatoms. The molecule has 0 amide bonds. The third kappa shape index (κ3) is 1.87. The van der Waals surface area contributed by atoms with Crippen LogP contribution in [-0.2, 0) is 5.60 Å². The minimum absolute atomic E-state index is 0.169. The maximum absolute atomic E-state index is 12.6. The summed E-state index contributed by atoms with van der Waals surface area (Å²) in [5.74, 6) is -0.169. The highest BCUT2D eigenvalue weighted by Gasteiger charge is 2.53. The van der Waals surface area contributed by atoms with Crippen molar-refractivity contribution in [1.82, 2.24) is 9.78 Å². The van der Waals surface area contributed by atoms with E-state index >= 15 is 0 Å². The minimum Gasteiger partial charge on any atom is -0.384 e. The fourth-order valence-corrected chi connectivity index (χ4v) is 1.31. The SMILES string of the molecule is CC(C)n1ncc([C@@](C)(O)C(F)(F)F)c1N. The van der Waals surface area contributed by atoms with Gasteiger partial charge in [-0.05, 0) is 20.8 Å². The highest BCUT2D eigenvalue weighted by molar-refractivity contribution is 5.43. The van der Waals surface area contributed by atoms with Gasteiger partial charge in [-0.2, -0.15) is 18.3 Å². The highest BCUT2D eigenvalue weighted by atomic mass is 19.4. The van der Waals surface area contributed by atoms with E-state index in [1.165, 1.54) is 4.68 Å². The summed E-state index contributed by atoms with van der Waals surface area (Å²) in [4.78, 5) is 0. The Morgan fingerprint density at radius 1 is 1.44 bits per heavy atom. The lowest BCUT2D eigenvalue weighted by atomic mass is 9.98. The van der Waals surface area contributed by atoms with E-state index in [2.05, 4.69) is 5.10 Å². The van der Waals surface area contributed by atoms with Gasteiger partial charge in [0.05, 0.1) is 11.8 Å². The van der Waals surface area contributed by atoms with Crippen molar-refractivity contribution in [2.45, 2.75) is 38.6 Å². The zero-order valence-corrected chi connectivity index (χ0v) is 9.21. The summed E-state index contributed by atoms with van der Waals surface area (Å²) in [6, 6.07) is -0.169. The molecule has 0 aliphatic heterocycles. The number of hydrogen-bond acceptors (Lipinski definition) is 3. The van der Waals surface area contributed by atoms with Crippen LogP contribution in [0.1, 0.15) is 32.4 Å². The average molecular weight is 237 g/mol. The van der Waals surface area contributed by atoms with Gasteiger partial charge in [0.2, 0.25) is 0 Å². The predicted octanol–water partition coefficient (Wildman–Crippen LogP) is 1.82. The Hall–Kier alpha value is -1.24. The number of alkyl halides is 3. The zero-order chi connectivity index (χ0) is 12.7. The van der Waals surface area contributed by atoms with Gasteiger partial charge in [-0.3, -0.25) is 0 Å². The first-order valence-corrected chi connectivity index (χ1v) is 4.71. The van der Waals surface area contributed by atoms with Crippen molar-refractivity contribution in [2.24, 2.45) is 0 Å². The molecular weight excluding hydrogens is 223 g/mol. The van der Waals surface area contributed by atoms with E-state index in [0.29, 0.717) is 6.92 Å². The molecule has 0 aliphatic rings. The van der Waals surface area contributed by atoms with Crippen LogP contribution in [0.25, 0.3) is 0 Å². The van der Waals surface area contributed by atoms with E-state index in [-0.39, 0.29) is 11.9 Å². The largest absolute Gasteiger partial charge is 0.421 e. The van der Waals surface area contributed by atoms with E-state index < -0.39 is 17.3 Å². The molecule has 16 heavy (non-hydrogen) atoms. The molecule has 0 saturated carbocycles. The number of aliphatic hydroxyl groups is 1. The van der Waals surface area contributed by atoms with Gasteiger partial charge < -0.3 is 10.8 Å². The second-order valence-corrected chi connectivity index (χ2v) is 4.05. The Kier molecular flexibility index (Phi) is 2.93. The quantitative estimate of drug-likeness (QED) is 0.824. The normalized spacial score (nSPS) is 16.5. The van der Waals surface area contributed by atoms with Gasteiger partial charge in [-0.25, -0.2) is 4.68 Å². The third-order valence-corrected chi connectivity index (χ3v) is 2.40. The number of nitrogen functional groups attached to an aromatic ring is 1. The summed E-state index contributed by atoms with van der Waals surface area (Å²) in [5.41, 5.74) is 2.12. The summed E-state index contributed by atoms with van der Waals surface area (Å²) in [6.45, 7) is 4.12. The van der Waals surface area contributed by atoms with E-state index in [1.54, 1.807) is 13.8 Å². The van der Waals surface area contributed by atoms with Crippen LogP contribution in [-0.4, -0.2) is 21.1 Å². The molecule has 0 spiro atoms. The number of anilines is 1. The van der Waals surface area contributed by atoms with Crippen LogP contribution in [0.5, 0.6) is 0 Å². The van der Waals surface area contributed by atoms with Crippen LogP contribution >= 0.6 is 0 Å². The summed E-state index contributed by atoms with van der Waals surface area (Å²) in [7, 11) is 0. The van der Waals surface area contributed by atoms with Crippen LogP contribution in [0.2, 0.25) is 0 Å². The Morgan fingerprint density at radius 2 is 1.94 bits per heavy atom. The van der Waals surface area contributed by atoms with Crippen LogP contribution in [0, 0.1) is 0 Å². The molecule has 0 fully saturated rings. The molecule has 0 unspecified atom stereocenters. The Labute approximate surface area is 90.9 Å². The fraction of sp³-hybridized carbons (Fsp3) is 0.667. The molecule has 1 aromatic rings. The molecule has 1 aromatic heterocycles. The first kappa shape index (κ1) is 12.8. The van der Waals surface area contributed by atoms with E-state index in [9.17, 15) is 18.3 Å². The fourth-order valence-electron chi connectivity index (χ4n) is 1.31. The zero-order valence-electron chi connectivity index (χ0n) is 9.21. The lowest BCUT2D eigenvalue weighted by Crippen LogP contribution is -2.39. The topological polar surface area (TPSA) is 64.1 Å². The van der Waals surface area contributed by atoms with Crippen LogP contribution in [0.3, 0.4) is 0 Å². The van der Waals surface area contributed by atoms with Gasteiger partial charge in [0.1, 0.15) is 5.82 Å². The standard InChI is InChI=1S/C9H14F3N3O/c1-5(2)15-7(13)6(4-14-15)8(3,16)9(10,11)12/h4-5,16H,13H2,1-3H3/t8-/m1/s1. The predicted molar refractivity (Wildman–Crippen MR) is 52.7 cm³/mol. The molecule has 0 radical (unpaired) electrons. The first-order chi connectivity index (χ1) is 7.09. The lowest BCUT2D eigenvalue weighted by Gasteiger charge is -2.25. The van der Waals surface area contributed by atoms with Crippen molar-refractivity contribution in [3.8, 4) is 0 Å². The number of nitrogens with two attached hydrogens (primary N) is 1. The molecule has 0 bridgehead atoms. The lowest BCUT2D eigenvalue weighted by molar-refractivity contribution is -0.258. The maximum atomic E-state index is 12.6. The van der Waals surface area contributed by atoms with Crippen LogP contribution in [0.4, 0.5) is 19.0 Å². The van der Waals surface area contributed by atoms with Crippen LogP contribution < -0.4 is 5.73 Å².